The summed E-state index contributed by atoms with van der Waals surface area (Å²) in [5.74, 6) is 1.10. The van der Waals surface area contributed by atoms with Gasteiger partial charge in [-0.3, -0.25) is 15.0 Å². The van der Waals surface area contributed by atoms with Gasteiger partial charge in [-0.15, -0.1) is 0 Å². The summed E-state index contributed by atoms with van der Waals surface area (Å²) in [7, 11) is 0. The standard InChI is InChI=1S/C21H29N3O2/c1-21(2,3)18-14-20(26-23-18)22-19(25)15-24-11-9-17(10-12-24)13-16-7-5-4-6-8-16/h4-8,14,17H,9-13,15H2,1-3H3,(H,22,25). The van der Waals surface area contributed by atoms with Crippen molar-refractivity contribution in [3.05, 3.63) is 47.7 Å². The largest absolute Gasteiger partial charge is 0.338 e. The van der Waals surface area contributed by atoms with Gasteiger partial charge in [-0.25, -0.2) is 0 Å². The van der Waals surface area contributed by atoms with Gasteiger partial charge in [0.2, 0.25) is 11.8 Å². The van der Waals surface area contributed by atoms with Crippen molar-refractivity contribution in [2.24, 2.45) is 5.92 Å². The van der Waals surface area contributed by atoms with Crippen LogP contribution in [-0.2, 0) is 16.6 Å². The molecule has 0 unspecified atom stereocenters. The molecule has 5 heteroatoms. The Morgan fingerprint density at radius 1 is 1.23 bits per heavy atom. The van der Waals surface area contributed by atoms with E-state index in [0.29, 0.717) is 18.3 Å². The minimum absolute atomic E-state index is 0.0388. The highest BCUT2D eigenvalue weighted by molar-refractivity contribution is 5.91. The minimum Gasteiger partial charge on any atom is -0.338 e. The smallest absolute Gasteiger partial charge is 0.240 e. The molecular weight excluding hydrogens is 326 g/mol. The normalized spacial score (nSPS) is 16.6. The summed E-state index contributed by atoms with van der Waals surface area (Å²) in [6, 6.07) is 12.5. The molecule has 1 aromatic heterocycles. The molecule has 1 fully saturated rings. The van der Waals surface area contributed by atoms with Crippen LogP contribution in [0.5, 0.6) is 0 Å². The Hall–Kier alpha value is -2.14. The Labute approximate surface area is 155 Å². The summed E-state index contributed by atoms with van der Waals surface area (Å²) >= 11 is 0. The molecule has 0 bridgehead atoms. The summed E-state index contributed by atoms with van der Waals surface area (Å²) in [5.41, 5.74) is 2.16. The average Bonchev–Trinajstić information content (AvgIpc) is 3.06. The first-order valence-corrected chi connectivity index (χ1v) is 9.43. The number of rotatable bonds is 5. The molecule has 140 valence electrons. The second kappa shape index (κ2) is 8.04. The second-order valence-electron chi connectivity index (χ2n) is 8.28. The highest BCUT2D eigenvalue weighted by Gasteiger charge is 2.23. The number of amides is 1. The number of carbonyl (C=O) groups is 1. The van der Waals surface area contributed by atoms with E-state index in [1.165, 1.54) is 5.56 Å². The van der Waals surface area contributed by atoms with Gasteiger partial charge in [-0.2, -0.15) is 0 Å². The van der Waals surface area contributed by atoms with Crippen LogP contribution in [0.1, 0.15) is 44.9 Å². The van der Waals surface area contributed by atoms with Crippen molar-refractivity contribution < 1.29 is 9.32 Å². The molecule has 0 radical (unpaired) electrons. The number of carbonyl (C=O) groups excluding carboxylic acids is 1. The Bertz CT molecular complexity index is 710. The fourth-order valence-corrected chi connectivity index (χ4v) is 3.36. The Kier molecular flexibility index (Phi) is 5.77. The molecule has 2 aromatic rings. The lowest BCUT2D eigenvalue weighted by molar-refractivity contribution is -0.117. The number of piperidine rings is 1. The number of aromatic nitrogens is 1. The van der Waals surface area contributed by atoms with Gasteiger partial charge in [0.15, 0.2) is 0 Å². The summed E-state index contributed by atoms with van der Waals surface area (Å²) in [5, 5.41) is 6.86. The number of anilines is 1. The SMILES string of the molecule is CC(C)(C)c1cc(NC(=O)CN2CCC(Cc3ccccc3)CC2)on1. The van der Waals surface area contributed by atoms with E-state index in [4.69, 9.17) is 4.52 Å². The average molecular weight is 355 g/mol. The van der Waals surface area contributed by atoms with E-state index in [-0.39, 0.29) is 11.3 Å². The molecule has 3 rings (SSSR count). The first kappa shape index (κ1) is 18.6. The van der Waals surface area contributed by atoms with Crippen molar-refractivity contribution in [3.63, 3.8) is 0 Å². The molecule has 0 saturated carbocycles. The van der Waals surface area contributed by atoms with Crippen LogP contribution in [0.4, 0.5) is 5.88 Å². The molecule has 1 aliphatic heterocycles. The minimum atomic E-state index is -0.0902. The lowest BCUT2D eigenvalue weighted by atomic mass is 9.90. The lowest BCUT2D eigenvalue weighted by Crippen LogP contribution is -2.39. The third-order valence-corrected chi connectivity index (χ3v) is 4.98. The van der Waals surface area contributed by atoms with E-state index in [1.807, 2.05) is 6.07 Å². The highest BCUT2D eigenvalue weighted by atomic mass is 16.5. The molecule has 1 amide bonds. The first-order chi connectivity index (χ1) is 12.4. The zero-order valence-electron chi connectivity index (χ0n) is 16.0. The molecule has 0 atom stereocenters. The van der Waals surface area contributed by atoms with Gasteiger partial charge in [-0.05, 0) is 43.8 Å². The molecule has 5 nitrogen and oxygen atoms in total. The summed E-state index contributed by atoms with van der Waals surface area (Å²) < 4.78 is 5.23. The highest BCUT2D eigenvalue weighted by Crippen LogP contribution is 2.24. The van der Waals surface area contributed by atoms with Crippen LogP contribution >= 0.6 is 0 Å². The van der Waals surface area contributed by atoms with Crippen LogP contribution in [0.15, 0.2) is 40.9 Å². The number of hydrogen-bond donors (Lipinski definition) is 1. The Balaban J connectivity index is 1.42. The van der Waals surface area contributed by atoms with E-state index < -0.39 is 0 Å². The molecule has 1 saturated heterocycles. The van der Waals surface area contributed by atoms with Crippen molar-refractivity contribution in [2.75, 3.05) is 25.0 Å². The molecule has 1 aliphatic rings. The van der Waals surface area contributed by atoms with Crippen molar-refractivity contribution in [3.8, 4) is 0 Å². The molecule has 1 aromatic carbocycles. The maximum atomic E-state index is 12.3. The number of nitrogens with one attached hydrogen (secondary N) is 1. The van der Waals surface area contributed by atoms with Gasteiger partial charge >= 0.3 is 0 Å². The summed E-state index contributed by atoms with van der Waals surface area (Å²) in [6.45, 7) is 8.54. The molecular formula is C21H29N3O2. The fourth-order valence-electron chi connectivity index (χ4n) is 3.36. The molecule has 1 N–H and O–H groups in total. The molecule has 26 heavy (non-hydrogen) atoms. The number of nitrogens with zero attached hydrogens (tertiary/aromatic N) is 2. The van der Waals surface area contributed by atoms with E-state index in [2.05, 4.69) is 66.5 Å². The third kappa shape index (κ3) is 5.18. The topological polar surface area (TPSA) is 58.4 Å². The lowest BCUT2D eigenvalue weighted by Gasteiger charge is -2.31. The van der Waals surface area contributed by atoms with E-state index in [0.717, 1.165) is 38.0 Å². The molecule has 2 heterocycles. The number of hydrogen-bond acceptors (Lipinski definition) is 4. The number of benzene rings is 1. The van der Waals surface area contributed by atoms with Crippen LogP contribution in [0, 0.1) is 5.92 Å². The maximum absolute atomic E-state index is 12.3. The van der Waals surface area contributed by atoms with Crippen molar-refractivity contribution in [1.29, 1.82) is 0 Å². The van der Waals surface area contributed by atoms with Crippen molar-refractivity contribution in [2.45, 2.75) is 45.4 Å². The van der Waals surface area contributed by atoms with Crippen LogP contribution in [0.3, 0.4) is 0 Å². The molecule has 0 aliphatic carbocycles. The van der Waals surface area contributed by atoms with Gasteiger partial charge in [0.05, 0.1) is 12.2 Å². The zero-order valence-corrected chi connectivity index (χ0v) is 16.0. The number of likely N-dealkylation sites (tertiary alicyclic amines) is 1. The van der Waals surface area contributed by atoms with E-state index in [1.54, 1.807) is 0 Å². The van der Waals surface area contributed by atoms with Crippen LogP contribution < -0.4 is 5.32 Å². The monoisotopic (exact) mass is 355 g/mol. The van der Waals surface area contributed by atoms with Crippen molar-refractivity contribution >= 4 is 11.8 Å². The van der Waals surface area contributed by atoms with Gasteiger partial charge in [0.25, 0.3) is 0 Å². The summed E-state index contributed by atoms with van der Waals surface area (Å²) in [6.07, 6.45) is 3.41. The Morgan fingerprint density at radius 3 is 2.54 bits per heavy atom. The van der Waals surface area contributed by atoms with Gasteiger partial charge < -0.3 is 4.52 Å². The van der Waals surface area contributed by atoms with Gasteiger partial charge in [0.1, 0.15) is 0 Å². The van der Waals surface area contributed by atoms with Gasteiger partial charge in [-0.1, -0.05) is 56.3 Å². The fraction of sp³-hybridized carbons (Fsp3) is 0.524. The van der Waals surface area contributed by atoms with Crippen LogP contribution in [0.2, 0.25) is 0 Å². The molecule has 0 spiro atoms. The third-order valence-electron chi connectivity index (χ3n) is 4.98. The Morgan fingerprint density at radius 2 is 1.92 bits per heavy atom. The second-order valence-corrected chi connectivity index (χ2v) is 8.28. The quantitative estimate of drug-likeness (QED) is 0.885. The van der Waals surface area contributed by atoms with Crippen molar-refractivity contribution in [1.82, 2.24) is 10.1 Å². The first-order valence-electron chi connectivity index (χ1n) is 9.43. The predicted molar refractivity (Wildman–Crippen MR) is 103 cm³/mol. The van der Waals surface area contributed by atoms with Crippen LogP contribution in [-0.4, -0.2) is 35.6 Å². The van der Waals surface area contributed by atoms with E-state index in [9.17, 15) is 4.79 Å². The maximum Gasteiger partial charge on any atom is 0.240 e. The zero-order chi connectivity index (χ0) is 18.6. The van der Waals surface area contributed by atoms with Crippen LogP contribution in [0.25, 0.3) is 0 Å². The predicted octanol–water partition coefficient (Wildman–Crippen LogP) is 3.87. The van der Waals surface area contributed by atoms with E-state index >= 15 is 0 Å². The summed E-state index contributed by atoms with van der Waals surface area (Å²) in [4.78, 5) is 14.5. The van der Waals surface area contributed by atoms with Gasteiger partial charge in [0, 0.05) is 11.5 Å².